The van der Waals surface area contributed by atoms with Gasteiger partial charge >= 0.3 is 11.7 Å². The van der Waals surface area contributed by atoms with E-state index in [1.165, 1.54) is 4.40 Å². The van der Waals surface area contributed by atoms with Crippen molar-refractivity contribution in [3.8, 4) is 5.69 Å². The molecule has 0 saturated heterocycles. The second-order valence-corrected chi connectivity index (χ2v) is 9.49. The van der Waals surface area contributed by atoms with Crippen LogP contribution in [0.5, 0.6) is 0 Å². The number of para-hydroxylation sites is 1. The van der Waals surface area contributed by atoms with Crippen molar-refractivity contribution in [2.45, 2.75) is 32.1 Å². The second kappa shape index (κ2) is 9.75. The molecule has 0 saturated carbocycles. The van der Waals surface area contributed by atoms with Crippen LogP contribution in [0.4, 0.5) is 5.82 Å². The fourth-order valence-electron chi connectivity index (χ4n) is 5.39. The molecule has 1 aliphatic carbocycles. The van der Waals surface area contributed by atoms with Gasteiger partial charge in [-0.1, -0.05) is 54.6 Å². The van der Waals surface area contributed by atoms with E-state index in [9.17, 15) is 14.7 Å². The Hall–Kier alpha value is -4.92. The highest BCUT2D eigenvalue weighted by Crippen LogP contribution is 2.44. The number of anilines is 1. The minimum atomic E-state index is -0.567. The molecule has 196 valence electrons. The summed E-state index contributed by atoms with van der Waals surface area (Å²) in [5, 5.41) is 22.2. The van der Waals surface area contributed by atoms with Gasteiger partial charge in [0.1, 0.15) is 17.4 Å². The van der Waals surface area contributed by atoms with Crippen molar-refractivity contribution in [2.75, 3.05) is 11.9 Å². The summed E-state index contributed by atoms with van der Waals surface area (Å²) in [5.74, 6) is -0.116. The van der Waals surface area contributed by atoms with Gasteiger partial charge in [0.15, 0.2) is 5.65 Å². The third-order valence-corrected chi connectivity index (χ3v) is 7.13. The number of nitrogens with zero attached hydrogens (tertiary/aromatic N) is 4. The lowest BCUT2D eigenvalue weighted by Crippen LogP contribution is -2.35. The summed E-state index contributed by atoms with van der Waals surface area (Å²) < 4.78 is 8.63. The Balaban J connectivity index is 1.71. The first kappa shape index (κ1) is 24.4. The average molecular weight is 522 g/mol. The number of nitrogens with one attached hydrogen (secondary N) is 1. The van der Waals surface area contributed by atoms with Gasteiger partial charge in [-0.05, 0) is 50.1 Å². The second-order valence-electron chi connectivity index (χ2n) is 9.49. The summed E-state index contributed by atoms with van der Waals surface area (Å²) >= 11 is 0. The van der Waals surface area contributed by atoms with Crippen molar-refractivity contribution in [3.63, 3.8) is 0 Å². The van der Waals surface area contributed by atoms with E-state index in [0.29, 0.717) is 46.2 Å². The van der Waals surface area contributed by atoms with E-state index in [1.54, 1.807) is 23.6 Å². The molecule has 2 atom stereocenters. The third kappa shape index (κ3) is 4.03. The quantitative estimate of drug-likeness (QED) is 0.364. The number of rotatable bonds is 5. The maximum atomic E-state index is 14.3. The highest BCUT2D eigenvalue weighted by Gasteiger charge is 2.38. The maximum Gasteiger partial charge on any atom is 0.341 e. The van der Waals surface area contributed by atoms with E-state index in [0.717, 1.165) is 5.56 Å². The van der Waals surface area contributed by atoms with Crippen LogP contribution in [0.1, 0.15) is 49.1 Å². The van der Waals surface area contributed by atoms with E-state index in [1.807, 2.05) is 73.7 Å². The molecule has 2 aromatic carbocycles. The first-order valence-corrected chi connectivity index (χ1v) is 12.9. The zero-order valence-electron chi connectivity index (χ0n) is 21.5. The van der Waals surface area contributed by atoms with Crippen LogP contribution in [0.15, 0.2) is 101 Å². The van der Waals surface area contributed by atoms with Crippen LogP contribution >= 0.6 is 0 Å². The Morgan fingerprint density at radius 3 is 2.49 bits per heavy atom. The van der Waals surface area contributed by atoms with Crippen LogP contribution in [-0.2, 0) is 9.53 Å². The lowest BCUT2D eigenvalue weighted by atomic mass is 9.82. The SMILES string of the molecule is CCOC(=O)C1=C(C)Nc2c(c3nnc(C4C=CC(O)=CC4)n3c(=O)n2-c2ccccc2)C1c1ccccc1. The van der Waals surface area contributed by atoms with Crippen LogP contribution in [0, 0.1) is 0 Å². The van der Waals surface area contributed by atoms with Gasteiger partial charge in [-0.2, -0.15) is 0 Å². The Kier molecular flexibility index (Phi) is 6.11. The molecule has 0 spiro atoms. The topological polar surface area (TPSA) is 111 Å². The highest BCUT2D eigenvalue weighted by molar-refractivity contribution is 5.95. The smallest absolute Gasteiger partial charge is 0.341 e. The molecule has 2 aliphatic rings. The van der Waals surface area contributed by atoms with Crippen LogP contribution in [0.2, 0.25) is 0 Å². The van der Waals surface area contributed by atoms with Crippen molar-refractivity contribution in [1.82, 2.24) is 19.2 Å². The number of benzene rings is 2. The number of hydrogen-bond acceptors (Lipinski definition) is 7. The van der Waals surface area contributed by atoms with Crippen molar-refractivity contribution in [3.05, 3.63) is 123 Å². The number of carbonyl (C=O) groups is 1. The fraction of sp³-hybridized carbons (Fsp3) is 0.200. The van der Waals surface area contributed by atoms with Crippen molar-refractivity contribution in [1.29, 1.82) is 0 Å². The number of esters is 1. The number of hydrogen-bond donors (Lipinski definition) is 2. The normalized spacial score (nSPS) is 18.5. The molecule has 2 aromatic heterocycles. The largest absolute Gasteiger partial charge is 0.508 e. The summed E-state index contributed by atoms with van der Waals surface area (Å²) in [6.45, 7) is 3.82. The predicted molar refractivity (Wildman–Crippen MR) is 147 cm³/mol. The lowest BCUT2D eigenvalue weighted by molar-refractivity contribution is -0.138. The van der Waals surface area contributed by atoms with Crippen molar-refractivity contribution in [2.24, 2.45) is 0 Å². The molecular weight excluding hydrogens is 494 g/mol. The molecule has 4 aromatic rings. The molecule has 2 unspecified atom stereocenters. The number of ether oxygens (including phenoxy) is 1. The van der Waals surface area contributed by atoms with E-state index in [-0.39, 0.29) is 24.0 Å². The Morgan fingerprint density at radius 2 is 1.82 bits per heavy atom. The van der Waals surface area contributed by atoms with Crippen LogP contribution in [0.25, 0.3) is 11.3 Å². The summed E-state index contributed by atoms with van der Waals surface area (Å²) in [5.41, 5.74) is 3.23. The molecule has 3 heterocycles. The fourth-order valence-corrected chi connectivity index (χ4v) is 5.39. The number of allylic oxidation sites excluding steroid dienone is 4. The van der Waals surface area contributed by atoms with Gasteiger partial charge in [0.2, 0.25) is 0 Å². The number of aliphatic hydroxyl groups excluding tert-OH is 1. The third-order valence-electron chi connectivity index (χ3n) is 7.13. The minimum absolute atomic E-state index is 0.173. The molecule has 9 nitrogen and oxygen atoms in total. The molecule has 9 heteroatoms. The van der Waals surface area contributed by atoms with Gasteiger partial charge in [-0.15, -0.1) is 10.2 Å². The first-order valence-electron chi connectivity index (χ1n) is 12.9. The zero-order chi connectivity index (χ0) is 27.1. The van der Waals surface area contributed by atoms with E-state index < -0.39 is 11.9 Å². The minimum Gasteiger partial charge on any atom is -0.508 e. The van der Waals surface area contributed by atoms with Gasteiger partial charge in [-0.25, -0.2) is 18.6 Å². The molecule has 6 rings (SSSR count). The maximum absolute atomic E-state index is 14.3. The van der Waals surface area contributed by atoms with Gasteiger partial charge in [0.05, 0.1) is 29.3 Å². The van der Waals surface area contributed by atoms with Crippen LogP contribution < -0.4 is 11.0 Å². The molecule has 39 heavy (non-hydrogen) atoms. The monoisotopic (exact) mass is 521 g/mol. The number of carbonyl (C=O) groups excluding carboxylic acids is 1. The van der Waals surface area contributed by atoms with E-state index in [2.05, 4.69) is 15.5 Å². The van der Waals surface area contributed by atoms with E-state index in [4.69, 9.17) is 4.74 Å². The van der Waals surface area contributed by atoms with Crippen molar-refractivity contribution >= 4 is 17.4 Å². The summed E-state index contributed by atoms with van der Waals surface area (Å²) in [6, 6.07) is 19.0. The van der Waals surface area contributed by atoms with Gasteiger partial charge in [-0.3, -0.25) is 0 Å². The zero-order valence-corrected chi connectivity index (χ0v) is 21.5. The standard InChI is InChI=1S/C30H27N5O4/c1-3-39-29(37)23-18(2)31-27-25(24(23)19-10-6-4-7-11-19)28-33-32-26(20-14-16-22(36)17-15-20)35(28)30(38)34(27)21-12-8-5-9-13-21/h4-14,16-17,20,24,31,36H,3,15H2,1-2H3. The highest BCUT2D eigenvalue weighted by atomic mass is 16.5. The molecular formula is C30H27N5O4. The average Bonchev–Trinajstić information content (AvgIpc) is 3.39. The number of fused-ring (bicyclic) bond motifs is 3. The first-order chi connectivity index (χ1) is 19.0. The summed E-state index contributed by atoms with van der Waals surface area (Å²) in [4.78, 5) is 27.6. The number of aromatic nitrogens is 4. The van der Waals surface area contributed by atoms with Gasteiger partial charge in [0, 0.05) is 11.6 Å². The predicted octanol–water partition coefficient (Wildman–Crippen LogP) is 4.76. The molecule has 0 fully saturated rings. The van der Waals surface area contributed by atoms with Crippen molar-refractivity contribution < 1.29 is 14.6 Å². The number of aliphatic hydroxyl groups is 1. The summed E-state index contributed by atoms with van der Waals surface area (Å²) in [7, 11) is 0. The van der Waals surface area contributed by atoms with Crippen LogP contribution in [-0.4, -0.2) is 36.8 Å². The molecule has 0 radical (unpaired) electrons. The molecule has 0 amide bonds. The molecule has 0 bridgehead atoms. The Labute approximate surface area is 224 Å². The van der Waals surface area contributed by atoms with E-state index >= 15 is 0 Å². The van der Waals surface area contributed by atoms with Crippen LogP contribution in [0.3, 0.4) is 0 Å². The molecule has 1 aliphatic heterocycles. The van der Waals surface area contributed by atoms with Gasteiger partial charge in [0.25, 0.3) is 0 Å². The lowest BCUT2D eigenvalue weighted by Gasteiger charge is -2.32. The summed E-state index contributed by atoms with van der Waals surface area (Å²) in [6.07, 6.45) is 5.58. The Morgan fingerprint density at radius 1 is 1.10 bits per heavy atom. The Bertz CT molecular complexity index is 1730. The van der Waals surface area contributed by atoms with Gasteiger partial charge < -0.3 is 15.2 Å². The molecule has 2 N–H and O–H groups in total.